The monoisotopic (exact) mass is 331 g/mol. The van der Waals surface area contributed by atoms with Gasteiger partial charge in [-0.2, -0.15) is 0 Å². The van der Waals surface area contributed by atoms with Crippen LogP contribution in [0.15, 0.2) is 30.3 Å². The lowest BCUT2D eigenvalue weighted by molar-refractivity contribution is -0.130. The highest BCUT2D eigenvalue weighted by Crippen LogP contribution is 2.78. The number of halogens is 1. The molecular weight excluding hydrogens is 306 g/mol. The first kappa shape index (κ1) is 15.5. The van der Waals surface area contributed by atoms with E-state index < -0.39 is 0 Å². The second-order valence-corrected chi connectivity index (χ2v) is 8.61. The molecule has 0 spiro atoms. The van der Waals surface area contributed by atoms with Crippen LogP contribution in [-0.2, 0) is 10.2 Å². The molecule has 2 N–H and O–H groups in total. The highest BCUT2D eigenvalue weighted by Gasteiger charge is 2.74. The van der Waals surface area contributed by atoms with Crippen molar-refractivity contribution in [3.05, 3.63) is 35.9 Å². The third-order valence-electron chi connectivity index (χ3n) is 7.77. The summed E-state index contributed by atoms with van der Waals surface area (Å²) in [4.78, 5) is 12.5. The molecule has 1 amide bonds. The number of benzene rings is 1. The lowest BCUT2D eigenvalue weighted by Gasteiger charge is -2.49. The van der Waals surface area contributed by atoms with Crippen molar-refractivity contribution in [2.75, 3.05) is 5.88 Å². The fraction of sp³-hybridized carbons (Fsp3) is 0.650. The van der Waals surface area contributed by atoms with Crippen LogP contribution in [0.4, 0.5) is 0 Å². The molecule has 1 aromatic rings. The Balaban J connectivity index is 1.82. The smallest absolute Gasteiger partial charge is 0.223 e. The van der Waals surface area contributed by atoms with E-state index >= 15 is 0 Å². The van der Waals surface area contributed by atoms with Gasteiger partial charge in [-0.05, 0) is 66.8 Å². The Labute approximate surface area is 143 Å². The summed E-state index contributed by atoms with van der Waals surface area (Å²) in [6.07, 6.45) is 6.40. The average Bonchev–Trinajstić information content (AvgIpc) is 2.92. The van der Waals surface area contributed by atoms with Gasteiger partial charge >= 0.3 is 0 Å². The molecule has 0 saturated heterocycles. The summed E-state index contributed by atoms with van der Waals surface area (Å²) in [6.45, 7) is 2.28. The molecule has 4 aliphatic rings. The Morgan fingerprint density at radius 1 is 1.26 bits per heavy atom. The van der Waals surface area contributed by atoms with E-state index in [9.17, 15) is 4.79 Å². The van der Waals surface area contributed by atoms with Gasteiger partial charge in [0.05, 0.1) is 5.41 Å². The molecule has 1 aromatic carbocycles. The van der Waals surface area contributed by atoms with Crippen LogP contribution in [0.1, 0.15) is 51.0 Å². The SMILES string of the molecule is CCC1(CCCl)C2CC3(c4ccccc4)CC1C(C(N)=O)(C2)C3. The number of alkyl halides is 1. The van der Waals surface area contributed by atoms with Crippen molar-refractivity contribution < 1.29 is 4.79 Å². The summed E-state index contributed by atoms with van der Waals surface area (Å²) >= 11 is 6.18. The zero-order valence-electron chi connectivity index (χ0n) is 13.9. The lowest BCUT2D eigenvalue weighted by atomic mass is 9.55. The summed E-state index contributed by atoms with van der Waals surface area (Å²) in [5, 5.41) is 0. The first-order valence-corrected chi connectivity index (χ1v) is 9.48. The van der Waals surface area contributed by atoms with Crippen molar-refractivity contribution in [2.24, 2.45) is 28.4 Å². The van der Waals surface area contributed by atoms with Gasteiger partial charge in [-0.3, -0.25) is 4.79 Å². The largest absolute Gasteiger partial charge is 0.369 e. The predicted octanol–water partition coefficient (Wildman–Crippen LogP) is 4.26. The summed E-state index contributed by atoms with van der Waals surface area (Å²) in [7, 11) is 0. The van der Waals surface area contributed by atoms with Crippen molar-refractivity contribution in [2.45, 2.75) is 50.9 Å². The van der Waals surface area contributed by atoms with Gasteiger partial charge in [0.15, 0.2) is 0 Å². The van der Waals surface area contributed by atoms with Gasteiger partial charge in [-0.1, -0.05) is 37.3 Å². The van der Waals surface area contributed by atoms with Crippen molar-refractivity contribution in [3.63, 3.8) is 0 Å². The van der Waals surface area contributed by atoms with E-state index in [0.717, 1.165) is 32.1 Å². The number of primary amides is 1. The van der Waals surface area contributed by atoms with E-state index in [1.807, 2.05) is 0 Å². The predicted molar refractivity (Wildman–Crippen MR) is 93.3 cm³/mol. The number of carbonyl (C=O) groups excluding carboxylic acids is 1. The molecule has 2 nitrogen and oxygen atoms in total. The maximum Gasteiger partial charge on any atom is 0.223 e. The van der Waals surface area contributed by atoms with E-state index in [2.05, 4.69) is 37.3 Å². The number of hydrogen-bond donors (Lipinski definition) is 1. The molecule has 4 fully saturated rings. The van der Waals surface area contributed by atoms with Gasteiger partial charge in [-0.25, -0.2) is 0 Å². The molecule has 0 aliphatic heterocycles. The second kappa shape index (κ2) is 4.99. The first-order valence-electron chi connectivity index (χ1n) is 8.94. The maximum absolute atomic E-state index is 12.5. The molecule has 5 unspecified atom stereocenters. The Morgan fingerprint density at radius 2 is 2.00 bits per heavy atom. The fourth-order valence-corrected chi connectivity index (χ4v) is 7.29. The summed E-state index contributed by atoms with van der Waals surface area (Å²) in [6, 6.07) is 10.8. The molecule has 4 saturated carbocycles. The van der Waals surface area contributed by atoms with E-state index in [-0.39, 0.29) is 22.2 Å². The Morgan fingerprint density at radius 3 is 2.61 bits per heavy atom. The Kier molecular flexibility index (Phi) is 3.36. The minimum Gasteiger partial charge on any atom is -0.369 e. The van der Waals surface area contributed by atoms with Gasteiger partial charge in [0.1, 0.15) is 0 Å². The number of hydrogen-bond acceptors (Lipinski definition) is 1. The number of nitrogens with two attached hydrogens (primary N) is 1. The highest BCUT2D eigenvalue weighted by molar-refractivity contribution is 6.17. The Hall–Kier alpha value is -1.02. The molecule has 4 bridgehead atoms. The molecule has 23 heavy (non-hydrogen) atoms. The van der Waals surface area contributed by atoms with Crippen LogP contribution < -0.4 is 5.73 Å². The zero-order valence-corrected chi connectivity index (χ0v) is 14.6. The molecular formula is C20H26ClNO. The molecule has 5 rings (SSSR count). The van der Waals surface area contributed by atoms with Crippen LogP contribution in [0.5, 0.6) is 0 Å². The van der Waals surface area contributed by atoms with Crippen molar-refractivity contribution in [3.8, 4) is 0 Å². The van der Waals surface area contributed by atoms with E-state index in [0.29, 0.717) is 17.7 Å². The average molecular weight is 332 g/mol. The summed E-state index contributed by atoms with van der Waals surface area (Å²) < 4.78 is 0. The van der Waals surface area contributed by atoms with Crippen LogP contribution in [0.2, 0.25) is 0 Å². The van der Waals surface area contributed by atoms with Crippen LogP contribution in [0.25, 0.3) is 0 Å². The quantitative estimate of drug-likeness (QED) is 0.805. The molecule has 4 aliphatic carbocycles. The van der Waals surface area contributed by atoms with Crippen LogP contribution in [-0.4, -0.2) is 11.8 Å². The maximum atomic E-state index is 12.5. The number of amides is 1. The second-order valence-electron chi connectivity index (χ2n) is 8.23. The van der Waals surface area contributed by atoms with Crippen LogP contribution in [0.3, 0.4) is 0 Å². The third kappa shape index (κ3) is 1.79. The number of rotatable bonds is 5. The Bertz CT molecular complexity index is 632. The fourth-order valence-electron chi connectivity index (χ4n) is 6.94. The van der Waals surface area contributed by atoms with Gasteiger partial charge in [0.2, 0.25) is 5.91 Å². The van der Waals surface area contributed by atoms with E-state index in [1.54, 1.807) is 0 Å². The molecule has 124 valence electrons. The topological polar surface area (TPSA) is 43.1 Å². The summed E-state index contributed by atoms with van der Waals surface area (Å²) in [5.74, 6) is 1.63. The highest BCUT2D eigenvalue weighted by atomic mass is 35.5. The minimum atomic E-state index is -0.291. The number of carbonyl (C=O) groups is 1. The van der Waals surface area contributed by atoms with E-state index in [4.69, 9.17) is 17.3 Å². The molecule has 0 aromatic heterocycles. The first-order chi connectivity index (χ1) is 11.0. The normalized spacial score (nSPS) is 43.9. The van der Waals surface area contributed by atoms with Gasteiger partial charge in [0.25, 0.3) is 0 Å². The van der Waals surface area contributed by atoms with Gasteiger partial charge in [0, 0.05) is 5.88 Å². The minimum absolute atomic E-state index is 0.0603. The van der Waals surface area contributed by atoms with Gasteiger partial charge in [-0.15, -0.1) is 11.6 Å². The lowest BCUT2D eigenvalue weighted by Crippen LogP contribution is -2.42. The van der Waals surface area contributed by atoms with E-state index in [1.165, 1.54) is 12.0 Å². The van der Waals surface area contributed by atoms with Gasteiger partial charge < -0.3 is 5.73 Å². The van der Waals surface area contributed by atoms with Crippen molar-refractivity contribution in [1.29, 1.82) is 0 Å². The molecule has 0 radical (unpaired) electrons. The standard InChI is InChI=1S/C20H26ClNO/c1-2-19(8-9-21)15-10-18(14-6-4-3-5-7-14)12-16(19)20(11-15,13-18)17(22)23/h3-7,15-16H,2,8-13H2,1H3,(H2,22,23). The molecule has 3 heteroatoms. The van der Waals surface area contributed by atoms with Crippen molar-refractivity contribution in [1.82, 2.24) is 0 Å². The molecule has 5 atom stereocenters. The van der Waals surface area contributed by atoms with Crippen LogP contribution >= 0.6 is 11.6 Å². The molecule has 0 heterocycles. The third-order valence-corrected chi connectivity index (χ3v) is 7.95. The summed E-state index contributed by atoms with van der Waals surface area (Å²) in [5.41, 5.74) is 7.50. The van der Waals surface area contributed by atoms with Crippen molar-refractivity contribution >= 4 is 17.5 Å². The van der Waals surface area contributed by atoms with Crippen LogP contribution in [0, 0.1) is 22.7 Å². The zero-order chi connectivity index (χ0) is 16.3.